The third kappa shape index (κ3) is 3.53. The van der Waals surface area contributed by atoms with Crippen LogP contribution in [0.4, 0.5) is 5.82 Å². The highest BCUT2D eigenvalue weighted by atomic mass is 32.2. The average molecular weight is 396 g/mol. The summed E-state index contributed by atoms with van der Waals surface area (Å²) in [7, 11) is 0. The monoisotopic (exact) mass is 395 g/mol. The molecule has 2 heterocycles. The van der Waals surface area contributed by atoms with Gasteiger partial charge in [-0.1, -0.05) is 55.4 Å². The number of H-pyrrole nitrogens is 1. The number of anilines is 1. The molecular formula is C22H25N3O2S. The van der Waals surface area contributed by atoms with E-state index < -0.39 is 0 Å². The molecule has 4 rings (SSSR count). The first-order chi connectivity index (χ1) is 13.4. The molecule has 1 aliphatic carbocycles. The predicted octanol–water partition coefficient (Wildman–Crippen LogP) is 4.39. The van der Waals surface area contributed by atoms with Crippen LogP contribution < -0.4 is 10.9 Å². The molecule has 0 fully saturated rings. The molecule has 1 unspecified atom stereocenters. The molecule has 2 aromatic rings. The Morgan fingerprint density at radius 2 is 1.93 bits per heavy atom. The van der Waals surface area contributed by atoms with Crippen LogP contribution in [0.25, 0.3) is 0 Å². The van der Waals surface area contributed by atoms with Crippen molar-refractivity contribution in [2.24, 2.45) is 5.92 Å². The number of hydrogen-bond donors (Lipinski definition) is 2. The Morgan fingerprint density at radius 3 is 2.64 bits per heavy atom. The molecule has 1 aromatic heterocycles. The lowest BCUT2D eigenvalue weighted by molar-refractivity contribution is -0.116. The van der Waals surface area contributed by atoms with Crippen LogP contribution in [0.2, 0.25) is 0 Å². The van der Waals surface area contributed by atoms with Gasteiger partial charge in [-0.3, -0.25) is 9.59 Å². The van der Waals surface area contributed by atoms with Crippen LogP contribution in [0.3, 0.4) is 0 Å². The molecule has 1 aliphatic heterocycles. The highest BCUT2D eigenvalue weighted by molar-refractivity contribution is 7.99. The van der Waals surface area contributed by atoms with Crippen molar-refractivity contribution in [2.75, 3.05) is 11.1 Å². The Balaban J connectivity index is 1.86. The topological polar surface area (TPSA) is 74.8 Å². The van der Waals surface area contributed by atoms with Crippen molar-refractivity contribution in [2.45, 2.75) is 51.1 Å². The molecule has 146 valence electrons. The molecule has 5 nitrogen and oxygen atoms in total. The quantitative estimate of drug-likeness (QED) is 0.593. The van der Waals surface area contributed by atoms with Crippen LogP contribution in [0.1, 0.15) is 55.7 Å². The lowest BCUT2D eigenvalue weighted by Crippen LogP contribution is -2.32. The third-order valence-electron chi connectivity index (χ3n) is 5.20. The zero-order chi connectivity index (χ0) is 19.8. The number of benzene rings is 1. The van der Waals surface area contributed by atoms with Crippen LogP contribution in [0, 0.1) is 12.8 Å². The molecule has 28 heavy (non-hydrogen) atoms. The standard InChI is InChI=1S/C22H25N3O2S/c1-12(2)11-28-22-24-20-19(21(27)25-22)17(14-9-7-13(3)8-10-14)18-15(23-20)5-4-6-16(18)26/h7-10,12,17H,4-6,11H2,1-3H3,(H2,23,24,25,27). The summed E-state index contributed by atoms with van der Waals surface area (Å²) < 4.78 is 0. The summed E-state index contributed by atoms with van der Waals surface area (Å²) in [5.41, 5.74) is 4.15. The van der Waals surface area contributed by atoms with E-state index >= 15 is 0 Å². The number of fused-ring (bicyclic) bond motifs is 1. The zero-order valence-corrected chi connectivity index (χ0v) is 17.3. The summed E-state index contributed by atoms with van der Waals surface area (Å²) >= 11 is 1.55. The van der Waals surface area contributed by atoms with Gasteiger partial charge in [0.2, 0.25) is 0 Å². The van der Waals surface area contributed by atoms with Gasteiger partial charge >= 0.3 is 0 Å². The maximum atomic E-state index is 13.1. The fraction of sp³-hybridized carbons (Fsp3) is 0.409. The van der Waals surface area contributed by atoms with Crippen LogP contribution in [-0.2, 0) is 4.79 Å². The van der Waals surface area contributed by atoms with Crippen LogP contribution >= 0.6 is 11.8 Å². The summed E-state index contributed by atoms with van der Waals surface area (Å²) in [4.78, 5) is 33.5. The maximum Gasteiger partial charge on any atom is 0.257 e. The first kappa shape index (κ1) is 19.0. The smallest absolute Gasteiger partial charge is 0.257 e. The molecule has 2 N–H and O–H groups in total. The van der Waals surface area contributed by atoms with Crippen LogP contribution in [0.15, 0.2) is 45.5 Å². The van der Waals surface area contributed by atoms with E-state index in [-0.39, 0.29) is 17.3 Å². The maximum absolute atomic E-state index is 13.1. The number of aryl methyl sites for hydroxylation is 1. The molecule has 0 saturated carbocycles. The number of carbonyl (C=O) groups excluding carboxylic acids is 1. The molecule has 0 amide bonds. The normalized spacial score (nSPS) is 18.7. The molecule has 6 heteroatoms. The average Bonchev–Trinajstić information content (AvgIpc) is 2.66. The second-order valence-electron chi connectivity index (χ2n) is 7.98. The van der Waals surface area contributed by atoms with Crippen LogP contribution in [0.5, 0.6) is 0 Å². The number of thioether (sulfide) groups is 1. The van der Waals surface area contributed by atoms with E-state index in [0.717, 1.165) is 41.0 Å². The Morgan fingerprint density at radius 1 is 1.18 bits per heavy atom. The second-order valence-corrected chi connectivity index (χ2v) is 8.98. The molecule has 0 saturated heterocycles. The van der Waals surface area contributed by atoms with Crippen molar-refractivity contribution in [3.05, 3.63) is 62.6 Å². The number of Topliss-reactive ketones (excluding diaryl/α,β-unsaturated/α-hetero) is 1. The summed E-state index contributed by atoms with van der Waals surface area (Å²) in [5.74, 6) is 1.75. The minimum Gasteiger partial charge on any atom is -0.343 e. The lowest BCUT2D eigenvalue weighted by Gasteiger charge is -2.32. The number of nitrogens with one attached hydrogen (secondary N) is 2. The van der Waals surface area contributed by atoms with Gasteiger partial charge in [0, 0.05) is 29.4 Å². The van der Waals surface area contributed by atoms with Gasteiger partial charge < -0.3 is 10.3 Å². The number of nitrogens with zero attached hydrogens (tertiary/aromatic N) is 1. The molecule has 0 spiro atoms. The number of aromatic amines is 1. The fourth-order valence-corrected chi connectivity index (χ4v) is 4.66. The summed E-state index contributed by atoms with van der Waals surface area (Å²) in [5, 5.41) is 3.95. The molecular weight excluding hydrogens is 370 g/mol. The minimum atomic E-state index is -0.361. The van der Waals surface area contributed by atoms with Gasteiger partial charge in [-0.05, 0) is 31.2 Å². The van der Waals surface area contributed by atoms with Gasteiger partial charge in [0.25, 0.3) is 5.56 Å². The van der Waals surface area contributed by atoms with Crippen molar-refractivity contribution in [3.8, 4) is 0 Å². The number of rotatable bonds is 4. The van der Waals surface area contributed by atoms with E-state index in [2.05, 4.69) is 24.1 Å². The third-order valence-corrected chi connectivity index (χ3v) is 6.50. The number of aromatic nitrogens is 2. The van der Waals surface area contributed by atoms with Gasteiger partial charge in [-0.2, -0.15) is 0 Å². The second kappa shape index (κ2) is 7.59. The first-order valence-electron chi connectivity index (χ1n) is 9.81. The molecule has 0 radical (unpaired) electrons. The number of allylic oxidation sites excluding steroid dienone is 2. The highest BCUT2D eigenvalue weighted by Crippen LogP contribution is 2.43. The summed E-state index contributed by atoms with van der Waals surface area (Å²) in [6.07, 6.45) is 2.18. The minimum absolute atomic E-state index is 0.127. The largest absolute Gasteiger partial charge is 0.343 e. The van der Waals surface area contributed by atoms with Gasteiger partial charge in [-0.15, -0.1) is 0 Å². The summed E-state index contributed by atoms with van der Waals surface area (Å²) in [6, 6.07) is 8.09. The van der Waals surface area contributed by atoms with Gasteiger partial charge in [0.05, 0.1) is 5.56 Å². The first-order valence-corrected chi connectivity index (χ1v) is 10.8. The van der Waals surface area contributed by atoms with Crippen molar-refractivity contribution in [3.63, 3.8) is 0 Å². The molecule has 1 aromatic carbocycles. The Hall–Kier alpha value is -2.34. The van der Waals surface area contributed by atoms with E-state index in [1.54, 1.807) is 11.8 Å². The van der Waals surface area contributed by atoms with Gasteiger partial charge in [0.1, 0.15) is 5.82 Å². The van der Waals surface area contributed by atoms with Gasteiger partial charge in [-0.25, -0.2) is 4.98 Å². The molecule has 2 aliphatic rings. The SMILES string of the molecule is Cc1ccc(C2C3=C(CCCC3=O)Nc3nc(SCC(C)C)[nH]c(=O)c32)cc1. The van der Waals surface area contributed by atoms with E-state index in [0.29, 0.717) is 28.9 Å². The molecule has 0 bridgehead atoms. The Labute approximate surface area is 169 Å². The van der Waals surface area contributed by atoms with E-state index in [4.69, 9.17) is 4.98 Å². The summed E-state index contributed by atoms with van der Waals surface area (Å²) in [6.45, 7) is 6.31. The van der Waals surface area contributed by atoms with Crippen molar-refractivity contribution >= 4 is 23.4 Å². The van der Waals surface area contributed by atoms with Crippen molar-refractivity contribution in [1.29, 1.82) is 0 Å². The highest BCUT2D eigenvalue weighted by Gasteiger charge is 2.37. The van der Waals surface area contributed by atoms with Crippen molar-refractivity contribution in [1.82, 2.24) is 9.97 Å². The number of carbonyl (C=O) groups is 1. The predicted molar refractivity (Wildman–Crippen MR) is 113 cm³/mol. The van der Waals surface area contributed by atoms with Crippen LogP contribution in [-0.4, -0.2) is 21.5 Å². The number of hydrogen-bond acceptors (Lipinski definition) is 5. The van der Waals surface area contributed by atoms with E-state index in [1.165, 1.54) is 0 Å². The van der Waals surface area contributed by atoms with E-state index in [1.807, 2.05) is 31.2 Å². The zero-order valence-electron chi connectivity index (χ0n) is 16.5. The Kier molecular flexibility index (Phi) is 5.15. The lowest BCUT2D eigenvalue weighted by atomic mass is 9.76. The van der Waals surface area contributed by atoms with Crippen molar-refractivity contribution < 1.29 is 4.79 Å². The fourth-order valence-electron chi connectivity index (χ4n) is 3.85. The number of ketones is 1. The van der Waals surface area contributed by atoms with Gasteiger partial charge in [0.15, 0.2) is 10.9 Å². The van der Waals surface area contributed by atoms with E-state index in [9.17, 15) is 9.59 Å². The molecule has 1 atom stereocenters. The Bertz CT molecular complexity index is 1010.